The number of methoxy groups -OCH3 is 1. The highest BCUT2D eigenvalue weighted by atomic mass is 32.2. The van der Waals surface area contributed by atoms with Crippen molar-refractivity contribution < 1.29 is 19.1 Å². The van der Waals surface area contributed by atoms with Gasteiger partial charge in [-0.3, -0.25) is 20.4 Å². The van der Waals surface area contributed by atoms with E-state index in [4.69, 9.17) is 9.47 Å². The smallest absolute Gasteiger partial charge is 0.276 e. The second-order valence-electron chi connectivity index (χ2n) is 7.37. The molecule has 1 aromatic rings. The molecule has 0 fully saturated rings. The molecule has 0 radical (unpaired) electrons. The zero-order valence-electron chi connectivity index (χ0n) is 17.6. The molecule has 1 atom stereocenters. The predicted molar refractivity (Wildman–Crippen MR) is 118 cm³/mol. The van der Waals surface area contributed by atoms with Gasteiger partial charge < -0.3 is 9.47 Å². The van der Waals surface area contributed by atoms with Gasteiger partial charge in [-0.05, 0) is 37.6 Å². The largest absolute Gasteiger partial charge is 0.497 e. The van der Waals surface area contributed by atoms with Gasteiger partial charge in [0.25, 0.3) is 5.91 Å². The number of benzene rings is 1. The Labute approximate surface area is 177 Å². The maximum atomic E-state index is 12.1. The average molecular weight is 421 g/mol. The topological polar surface area (TPSA) is 76.7 Å². The number of amides is 1. The molecule has 0 spiro atoms. The highest BCUT2D eigenvalue weighted by Gasteiger charge is 2.39. The average Bonchev–Trinajstić information content (AvgIpc) is 3.01. The third kappa shape index (κ3) is 7.65. The quantitative estimate of drug-likeness (QED) is 0.352. The second-order valence-corrected chi connectivity index (χ2v) is 8.88. The van der Waals surface area contributed by atoms with E-state index in [0.29, 0.717) is 5.76 Å². The van der Waals surface area contributed by atoms with Gasteiger partial charge in [-0.2, -0.15) is 0 Å². The zero-order valence-corrected chi connectivity index (χ0v) is 18.4. The molecule has 0 aliphatic carbocycles. The van der Waals surface area contributed by atoms with Crippen molar-refractivity contribution in [2.24, 2.45) is 0 Å². The Balaban J connectivity index is 1.75. The van der Waals surface area contributed by atoms with Crippen LogP contribution in [0.4, 0.5) is 5.69 Å². The van der Waals surface area contributed by atoms with Crippen LogP contribution in [0.1, 0.15) is 58.8 Å². The summed E-state index contributed by atoms with van der Waals surface area (Å²) < 4.78 is 10.4. The van der Waals surface area contributed by atoms with Gasteiger partial charge in [-0.15, -0.1) is 0 Å². The predicted octanol–water partition coefficient (Wildman–Crippen LogP) is 4.82. The van der Waals surface area contributed by atoms with Crippen LogP contribution in [0, 0.1) is 0 Å². The number of nitrogens with one attached hydrogen (secondary N) is 2. The first-order valence-corrected chi connectivity index (χ1v) is 11.1. The van der Waals surface area contributed by atoms with Gasteiger partial charge in [0.1, 0.15) is 11.5 Å². The third-order valence-corrected chi connectivity index (χ3v) is 6.07. The number of hydrogen-bond acceptors (Lipinski definition) is 6. The molecular formula is C22H32N2O4S. The van der Waals surface area contributed by atoms with E-state index in [-0.39, 0.29) is 22.4 Å². The second kappa shape index (κ2) is 11.8. The minimum absolute atomic E-state index is 0.00903. The summed E-state index contributed by atoms with van der Waals surface area (Å²) >= 11 is 1.29. The molecule has 1 amide bonds. The number of unbranched alkanes of at least 4 members (excludes halogenated alkanes) is 5. The van der Waals surface area contributed by atoms with Crippen molar-refractivity contribution in [1.82, 2.24) is 5.43 Å². The lowest BCUT2D eigenvalue weighted by Crippen LogP contribution is -2.34. The van der Waals surface area contributed by atoms with E-state index in [2.05, 4.69) is 17.8 Å². The highest BCUT2D eigenvalue weighted by molar-refractivity contribution is 8.15. The summed E-state index contributed by atoms with van der Waals surface area (Å²) in [7, 11) is 1.60. The van der Waals surface area contributed by atoms with Gasteiger partial charge in [0.05, 0.1) is 17.5 Å². The highest BCUT2D eigenvalue weighted by Crippen LogP contribution is 2.44. The monoisotopic (exact) mass is 420 g/mol. The van der Waals surface area contributed by atoms with Crippen molar-refractivity contribution in [2.75, 3.05) is 19.1 Å². The molecule has 0 saturated heterocycles. The Morgan fingerprint density at radius 2 is 1.79 bits per heavy atom. The molecule has 1 heterocycles. The third-order valence-electron chi connectivity index (χ3n) is 4.90. The van der Waals surface area contributed by atoms with E-state index in [1.807, 2.05) is 6.92 Å². The van der Waals surface area contributed by atoms with Crippen molar-refractivity contribution in [2.45, 2.75) is 63.5 Å². The molecule has 0 bridgehead atoms. The molecule has 7 heteroatoms. The summed E-state index contributed by atoms with van der Waals surface area (Å²) in [6.07, 6.45) is 9.59. The minimum Gasteiger partial charge on any atom is -0.497 e. The van der Waals surface area contributed by atoms with Crippen molar-refractivity contribution in [3.63, 3.8) is 0 Å². The van der Waals surface area contributed by atoms with Gasteiger partial charge in [0.2, 0.25) is 5.12 Å². The zero-order chi connectivity index (χ0) is 21.1. The molecule has 1 aliphatic heterocycles. The number of carbonyl (C=O) groups is 2. The van der Waals surface area contributed by atoms with Gasteiger partial charge in [0.15, 0.2) is 6.61 Å². The van der Waals surface area contributed by atoms with Crippen LogP contribution >= 0.6 is 11.8 Å². The molecule has 29 heavy (non-hydrogen) atoms. The molecule has 1 aliphatic rings. The summed E-state index contributed by atoms with van der Waals surface area (Å²) in [5, 5.41) is -0.00903. The van der Waals surface area contributed by atoms with Crippen LogP contribution in [-0.2, 0) is 14.3 Å². The molecule has 0 saturated carbocycles. The van der Waals surface area contributed by atoms with Crippen LogP contribution in [-0.4, -0.2) is 29.5 Å². The Hall–Kier alpha value is -2.15. The first kappa shape index (κ1) is 23.1. The maximum Gasteiger partial charge on any atom is 0.276 e. The van der Waals surface area contributed by atoms with Crippen LogP contribution in [0.3, 0.4) is 0 Å². The Kier molecular flexibility index (Phi) is 9.38. The van der Waals surface area contributed by atoms with Crippen molar-refractivity contribution in [1.29, 1.82) is 0 Å². The van der Waals surface area contributed by atoms with E-state index < -0.39 is 0 Å². The molecule has 2 N–H and O–H groups in total. The van der Waals surface area contributed by atoms with Crippen molar-refractivity contribution in [3.8, 4) is 5.75 Å². The molecule has 2 rings (SSSR count). The van der Waals surface area contributed by atoms with Crippen LogP contribution < -0.4 is 15.6 Å². The number of anilines is 1. The van der Waals surface area contributed by atoms with E-state index >= 15 is 0 Å². The first-order valence-electron chi connectivity index (χ1n) is 10.2. The van der Waals surface area contributed by atoms with Crippen LogP contribution in [0.2, 0.25) is 0 Å². The van der Waals surface area contributed by atoms with Gasteiger partial charge in [-0.25, -0.2) is 0 Å². The van der Waals surface area contributed by atoms with Gasteiger partial charge in [-0.1, -0.05) is 57.2 Å². The summed E-state index contributed by atoms with van der Waals surface area (Å²) in [6, 6.07) is 7.19. The lowest BCUT2D eigenvalue weighted by molar-refractivity contribution is -0.124. The molecule has 6 nitrogen and oxygen atoms in total. The molecule has 160 valence electrons. The van der Waals surface area contributed by atoms with E-state index in [9.17, 15) is 9.59 Å². The fourth-order valence-electron chi connectivity index (χ4n) is 3.17. The molecule has 1 unspecified atom stereocenters. The minimum atomic E-state index is -0.383. The standard InChI is InChI=1S/C22H32N2O4S/c1-4-5-6-7-8-9-14-22(2)19(15-21(26)29-22)28-16-20(25)24-23-17-10-12-18(27-3)13-11-17/h10-13,15,23H,4-9,14,16H2,1-3H3,(H,24,25). The van der Waals surface area contributed by atoms with Gasteiger partial charge >= 0.3 is 0 Å². The molecular weight excluding hydrogens is 388 g/mol. The number of hydrazine groups is 1. The van der Waals surface area contributed by atoms with Crippen molar-refractivity contribution in [3.05, 3.63) is 36.1 Å². The summed E-state index contributed by atoms with van der Waals surface area (Å²) in [5.74, 6) is 1.03. The van der Waals surface area contributed by atoms with Gasteiger partial charge in [0, 0.05) is 6.08 Å². The SMILES string of the molecule is CCCCCCCCC1(C)SC(=O)C=C1OCC(=O)NNc1ccc(OC)cc1. The van der Waals surface area contributed by atoms with E-state index in [0.717, 1.165) is 30.7 Å². The number of thioether (sulfide) groups is 1. The lowest BCUT2D eigenvalue weighted by atomic mass is 9.99. The van der Waals surface area contributed by atoms with Crippen LogP contribution in [0.25, 0.3) is 0 Å². The Bertz CT molecular complexity index is 705. The lowest BCUT2D eigenvalue weighted by Gasteiger charge is -2.26. The maximum absolute atomic E-state index is 12.1. The Morgan fingerprint density at radius 3 is 2.48 bits per heavy atom. The van der Waals surface area contributed by atoms with E-state index in [1.165, 1.54) is 43.5 Å². The van der Waals surface area contributed by atoms with Crippen molar-refractivity contribution >= 4 is 28.5 Å². The van der Waals surface area contributed by atoms with Crippen LogP contribution in [0.15, 0.2) is 36.1 Å². The Morgan fingerprint density at radius 1 is 1.10 bits per heavy atom. The summed E-state index contributed by atoms with van der Waals surface area (Å²) in [4.78, 5) is 24.0. The summed E-state index contributed by atoms with van der Waals surface area (Å²) in [5.41, 5.74) is 6.16. The number of rotatable bonds is 13. The number of ether oxygens (including phenoxy) is 2. The number of hydrogen-bond donors (Lipinski definition) is 2. The fourth-order valence-corrected chi connectivity index (χ4v) is 4.24. The first-order chi connectivity index (χ1) is 14.0. The summed E-state index contributed by atoms with van der Waals surface area (Å²) in [6.45, 7) is 4.09. The molecule has 1 aromatic carbocycles. The van der Waals surface area contributed by atoms with Crippen LogP contribution in [0.5, 0.6) is 5.75 Å². The molecule has 0 aromatic heterocycles. The van der Waals surface area contributed by atoms with E-state index in [1.54, 1.807) is 31.4 Å². The normalized spacial score (nSPS) is 18.3. The number of carbonyl (C=O) groups excluding carboxylic acids is 2. The fraction of sp³-hybridized carbons (Fsp3) is 0.545.